The summed E-state index contributed by atoms with van der Waals surface area (Å²) >= 11 is 0. The lowest BCUT2D eigenvalue weighted by Crippen LogP contribution is -2.39. The van der Waals surface area contributed by atoms with E-state index in [2.05, 4.69) is 52.5 Å². The summed E-state index contributed by atoms with van der Waals surface area (Å²) in [6.07, 6.45) is 4.84. The number of nitrogens with zero attached hydrogens (tertiary/aromatic N) is 1. The Hall–Kier alpha value is -0.460. The molecule has 1 heteroatoms. The van der Waals surface area contributed by atoms with E-state index in [4.69, 9.17) is 0 Å². The molecule has 0 radical (unpaired) electrons. The monoisotopic (exact) mass is 195 g/mol. The fraction of sp³-hybridized carbons (Fsp3) is 0.846. The van der Waals surface area contributed by atoms with Crippen molar-refractivity contribution in [3.8, 4) is 0 Å². The van der Waals surface area contributed by atoms with Crippen LogP contribution in [0.5, 0.6) is 0 Å². The molecule has 0 fully saturated rings. The molecule has 14 heavy (non-hydrogen) atoms. The summed E-state index contributed by atoms with van der Waals surface area (Å²) in [6.45, 7) is 15.0. The predicted octanol–water partition coefficient (Wildman–Crippen LogP) is 3.81. The number of rotatable bonds is 1. The highest BCUT2D eigenvalue weighted by molar-refractivity contribution is 5.12. The lowest BCUT2D eigenvalue weighted by Gasteiger charge is -2.38. The van der Waals surface area contributed by atoms with Gasteiger partial charge < -0.3 is 4.90 Å². The summed E-state index contributed by atoms with van der Waals surface area (Å²) in [5, 5.41) is 0. The molecule has 0 saturated carbocycles. The van der Waals surface area contributed by atoms with Crippen LogP contribution in [-0.4, -0.2) is 17.0 Å². The van der Waals surface area contributed by atoms with Crippen molar-refractivity contribution in [2.45, 2.75) is 59.9 Å². The van der Waals surface area contributed by atoms with Crippen molar-refractivity contribution in [3.05, 3.63) is 11.8 Å². The second-order valence-corrected chi connectivity index (χ2v) is 6.54. The molecule has 0 saturated heterocycles. The Bertz CT molecular complexity index is 225. The standard InChI is InChI=1S/C13H25N/c1-12(2,3)10-11-8-7-9-14(11)13(4,5)6/h8H,7,9-10H2,1-6H3. The molecule has 0 atom stereocenters. The predicted molar refractivity (Wildman–Crippen MR) is 63.2 cm³/mol. The Labute approximate surface area is 89.2 Å². The van der Waals surface area contributed by atoms with Gasteiger partial charge in [0.25, 0.3) is 0 Å². The summed E-state index contributed by atoms with van der Waals surface area (Å²) in [5.74, 6) is 0. The molecular formula is C13H25N. The van der Waals surface area contributed by atoms with E-state index in [1.165, 1.54) is 19.4 Å². The number of hydrogen-bond acceptors (Lipinski definition) is 1. The molecule has 0 aromatic carbocycles. The normalized spacial score (nSPS) is 18.7. The van der Waals surface area contributed by atoms with Crippen molar-refractivity contribution in [2.24, 2.45) is 5.41 Å². The van der Waals surface area contributed by atoms with Crippen LogP contribution in [0.3, 0.4) is 0 Å². The topological polar surface area (TPSA) is 3.24 Å². The van der Waals surface area contributed by atoms with Gasteiger partial charge in [0.2, 0.25) is 0 Å². The molecule has 0 spiro atoms. The van der Waals surface area contributed by atoms with Crippen molar-refractivity contribution in [2.75, 3.05) is 6.54 Å². The molecular weight excluding hydrogens is 170 g/mol. The Balaban J connectivity index is 2.70. The molecule has 1 rings (SSSR count). The van der Waals surface area contributed by atoms with Crippen LogP contribution in [0.2, 0.25) is 0 Å². The second-order valence-electron chi connectivity index (χ2n) is 6.54. The van der Waals surface area contributed by atoms with Gasteiger partial charge in [0, 0.05) is 17.8 Å². The highest BCUT2D eigenvalue weighted by Gasteiger charge is 2.28. The molecule has 82 valence electrons. The number of allylic oxidation sites excluding steroid dienone is 1. The van der Waals surface area contributed by atoms with Crippen LogP contribution in [0.15, 0.2) is 11.8 Å². The minimum atomic E-state index is 0.285. The van der Waals surface area contributed by atoms with E-state index in [-0.39, 0.29) is 5.54 Å². The van der Waals surface area contributed by atoms with Crippen molar-refractivity contribution in [1.82, 2.24) is 4.90 Å². The molecule has 0 aromatic heterocycles. The zero-order chi connectivity index (χ0) is 11.0. The highest BCUT2D eigenvalue weighted by Crippen LogP contribution is 2.33. The third-order valence-corrected chi connectivity index (χ3v) is 2.60. The first kappa shape index (κ1) is 11.6. The van der Waals surface area contributed by atoms with Gasteiger partial charge in [-0.3, -0.25) is 0 Å². The van der Waals surface area contributed by atoms with E-state index in [0.29, 0.717) is 5.41 Å². The Morgan fingerprint density at radius 3 is 2.14 bits per heavy atom. The molecule has 0 unspecified atom stereocenters. The fourth-order valence-electron chi connectivity index (χ4n) is 2.09. The molecule has 0 bridgehead atoms. The number of hydrogen-bond donors (Lipinski definition) is 0. The second kappa shape index (κ2) is 3.60. The van der Waals surface area contributed by atoms with Crippen LogP contribution in [0.1, 0.15) is 54.4 Å². The minimum absolute atomic E-state index is 0.285. The molecule has 0 N–H and O–H groups in total. The quantitative estimate of drug-likeness (QED) is 0.615. The van der Waals surface area contributed by atoms with Gasteiger partial charge in [0.1, 0.15) is 0 Å². The van der Waals surface area contributed by atoms with Crippen molar-refractivity contribution >= 4 is 0 Å². The summed E-state index contributed by atoms with van der Waals surface area (Å²) in [7, 11) is 0. The van der Waals surface area contributed by atoms with Crippen LogP contribution in [0, 0.1) is 5.41 Å². The zero-order valence-electron chi connectivity index (χ0n) is 10.6. The van der Waals surface area contributed by atoms with E-state index >= 15 is 0 Å². The lowest BCUT2D eigenvalue weighted by molar-refractivity contribution is 0.183. The van der Waals surface area contributed by atoms with Gasteiger partial charge in [0.15, 0.2) is 0 Å². The fourth-order valence-corrected chi connectivity index (χ4v) is 2.09. The summed E-state index contributed by atoms with van der Waals surface area (Å²) < 4.78 is 0. The van der Waals surface area contributed by atoms with Crippen molar-refractivity contribution in [3.63, 3.8) is 0 Å². The van der Waals surface area contributed by atoms with Crippen LogP contribution < -0.4 is 0 Å². The Kier molecular flexibility index (Phi) is 2.99. The largest absolute Gasteiger partial charge is 0.370 e. The molecule has 0 aromatic rings. The molecule has 1 nitrogen and oxygen atoms in total. The average Bonchev–Trinajstić information content (AvgIpc) is 2.29. The zero-order valence-corrected chi connectivity index (χ0v) is 10.6. The molecule has 1 aliphatic rings. The van der Waals surface area contributed by atoms with E-state index in [9.17, 15) is 0 Å². The van der Waals surface area contributed by atoms with Gasteiger partial charge in [-0.15, -0.1) is 0 Å². The SMILES string of the molecule is CC(C)(C)CC1=CCCN1C(C)(C)C. The third kappa shape index (κ3) is 3.04. The van der Waals surface area contributed by atoms with Gasteiger partial charge in [-0.2, -0.15) is 0 Å². The molecule has 1 heterocycles. The summed E-state index contributed by atoms with van der Waals surface area (Å²) in [6, 6.07) is 0. The van der Waals surface area contributed by atoms with Gasteiger partial charge in [-0.1, -0.05) is 26.8 Å². The van der Waals surface area contributed by atoms with Gasteiger partial charge in [-0.25, -0.2) is 0 Å². The lowest BCUT2D eigenvalue weighted by atomic mass is 9.89. The van der Waals surface area contributed by atoms with Gasteiger partial charge in [0.05, 0.1) is 0 Å². The highest BCUT2D eigenvalue weighted by atomic mass is 15.2. The van der Waals surface area contributed by atoms with E-state index < -0.39 is 0 Å². The average molecular weight is 195 g/mol. The van der Waals surface area contributed by atoms with E-state index in [1.807, 2.05) is 0 Å². The Morgan fingerprint density at radius 1 is 1.14 bits per heavy atom. The molecule has 0 aliphatic carbocycles. The van der Waals surface area contributed by atoms with Crippen molar-refractivity contribution < 1.29 is 0 Å². The van der Waals surface area contributed by atoms with E-state index in [1.54, 1.807) is 5.70 Å². The van der Waals surface area contributed by atoms with Crippen LogP contribution in [-0.2, 0) is 0 Å². The molecule has 1 aliphatic heterocycles. The maximum Gasteiger partial charge on any atom is 0.0315 e. The smallest absolute Gasteiger partial charge is 0.0315 e. The van der Waals surface area contributed by atoms with Gasteiger partial charge >= 0.3 is 0 Å². The third-order valence-electron chi connectivity index (χ3n) is 2.60. The van der Waals surface area contributed by atoms with Crippen molar-refractivity contribution in [1.29, 1.82) is 0 Å². The maximum atomic E-state index is 2.55. The summed E-state index contributed by atoms with van der Waals surface area (Å²) in [5.41, 5.74) is 2.23. The summed E-state index contributed by atoms with van der Waals surface area (Å²) in [4.78, 5) is 2.55. The Morgan fingerprint density at radius 2 is 1.71 bits per heavy atom. The van der Waals surface area contributed by atoms with Gasteiger partial charge in [-0.05, 0) is 39.0 Å². The first-order valence-electron chi connectivity index (χ1n) is 5.67. The van der Waals surface area contributed by atoms with Crippen LogP contribution in [0.4, 0.5) is 0 Å². The first-order valence-corrected chi connectivity index (χ1v) is 5.67. The van der Waals surface area contributed by atoms with Crippen LogP contribution >= 0.6 is 0 Å². The minimum Gasteiger partial charge on any atom is -0.370 e. The maximum absolute atomic E-state index is 2.55. The molecule has 0 amide bonds. The first-order chi connectivity index (χ1) is 6.20. The van der Waals surface area contributed by atoms with E-state index in [0.717, 1.165) is 0 Å². The van der Waals surface area contributed by atoms with Crippen LogP contribution in [0.25, 0.3) is 0 Å².